The van der Waals surface area contributed by atoms with Crippen LogP contribution >= 0.6 is 11.6 Å². The number of Topliss-reactive ketones (excluding diaryl/α,β-unsaturated/α-hetero) is 1. The van der Waals surface area contributed by atoms with Crippen LogP contribution in [0.3, 0.4) is 0 Å². The third-order valence-corrected chi connectivity index (χ3v) is 3.19. The van der Waals surface area contributed by atoms with Gasteiger partial charge in [-0.1, -0.05) is 41.9 Å². The lowest BCUT2D eigenvalue weighted by Gasteiger charge is -2.15. The second-order valence-electron chi connectivity index (χ2n) is 4.63. The lowest BCUT2D eigenvalue weighted by Crippen LogP contribution is -2.25. The van der Waals surface area contributed by atoms with Crippen LogP contribution in [-0.2, 0) is 0 Å². The number of rotatable bonds is 4. The van der Waals surface area contributed by atoms with Crippen LogP contribution in [0.15, 0.2) is 36.5 Å². The normalized spacial score (nSPS) is 12.7. The van der Waals surface area contributed by atoms with Gasteiger partial charge >= 0.3 is 0 Å². The molecule has 2 N–H and O–H groups in total. The van der Waals surface area contributed by atoms with E-state index in [1.165, 1.54) is 6.20 Å². The average Bonchev–Trinajstić information content (AvgIpc) is 2.80. The van der Waals surface area contributed by atoms with E-state index in [1.807, 2.05) is 44.2 Å². The molecule has 0 amide bonds. The van der Waals surface area contributed by atoms with Crippen molar-refractivity contribution in [3.05, 3.63) is 52.8 Å². The Bertz CT molecular complexity index is 578. The van der Waals surface area contributed by atoms with Gasteiger partial charge in [-0.25, -0.2) is 0 Å². The Balaban J connectivity index is 2.37. The quantitative estimate of drug-likeness (QED) is 0.874. The second kappa shape index (κ2) is 5.55. The third-order valence-electron chi connectivity index (χ3n) is 2.91. The molecule has 0 saturated heterocycles. The van der Waals surface area contributed by atoms with E-state index in [-0.39, 0.29) is 11.8 Å². The number of carbonyl (C=O) groups is 1. The summed E-state index contributed by atoms with van der Waals surface area (Å²) < 4.78 is 1.60. The molecule has 19 heavy (non-hydrogen) atoms. The molecule has 0 aliphatic rings. The Morgan fingerprint density at radius 3 is 2.53 bits per heavy atom. The monoisotopic (exact) mass is 277 g/mol. The van der Waals surface area contributed by atoms with Crippen LogP contribution in [0.1, 0.15) is 42.0 Å². The summed E-state index contributed by atoms with van der Waals surface area (Å²) in [6.07, 6.45) is 1.48. The first-order chi connectivity index (χ1) is 9.02. The summed E-state index contributed by atoms with van der Waals surface area (Å²) in [5, 5.41) is 4.46. The molecule has 0 radical (unpaired) electrons. The van der Waals surface area contributed by atoms with Gasteiger partial charge in [0.2, 0.25) is 5.78 Å². The van der Waals surface area contributed by atoms with Gasteiger partial charge in [-0.3, -0.25) is 9.48 Å². The predicted molar refractivity (Wildman–Crippen MR) is 75.3 cm³/mol. The first kappa shape index (κ1) is 13.8. The van der Waals surface area contributed by atoms with Crippen molar-refractivity contribution < 1.29 is 4.79 Å². The minimum absolute atomic E-state index is 0.0504. The largest absolute Gasteiger partial charge is 0.317 e. The van der Waals surface area contributed by atoms with Crippen molar-refractivity contribution in [3.63, 3.8) is 0 Å². The van der Waals surface area contributed by atoms with Crippen molar-refractivity contribution in [1.29, 1.82) is 0 Å². The molecule has 5 heteroatoms. The summed E-state index contributed by atoms with van der Waals surface area (Å²) in [5.74, 6) is -0.220. The number of halogens is 1. The average molecular weight is 278 g/mol. The number of ketones is 1. The minimum atomic E-state index is -0.729. The topological polar surface area (TPSA) is 60.9 Å². The molecule has 1 unspecified atom stereocenters. The number of hydrogen-bond acceptors (Lipinski definition) is 3. The number of nitrogens with two attached hydrogens (primary N) is 1. The highest BCUT2D eigenvalue weighted by molar-refractivity contribution is 6.33. The van der Waals surface area contributed by atoms with Gasteiger partial charge < -0.3 is 5.73 Å². The SMILES string of the molecule is CC(C)n1ncc(Cl)c1C(=O)C(N)c1ccccc1. The highest BCUT2D eigenvalue weighted by atomic mass is 35.5. The summed E-state index contributed by atoms with van der Waals surface area (Å²) in [6.45, 7) is 3.88. The van der Waals surface area contributed by atoms with E-state index in [9.17, 15) is 4.79 Å². The smallest absolute Gasteiger partial charge is 0.203 e. The van der Waals surface area contributed by atoms with E-state index >= 15 is 0 Å². The van der Waals surface area contributed by atoms with E-state index in [0.717, 1.165) is 5.56 Å². The van der Waals surface area contributed by atoms with E-state index in [2.05, 4.69) is 5.10 Å². The zero-order valence-corrected chi connectivity index (χ0v) is 11.6. The zero-order chi connectivity index (χ0) is 14.0. The molecule has 2 rings (SSSR count). The molecule has 0 bridgehead atoms. The number of carbonyl (C=O) groups excluding carboxylic acids is 1. The van der Waals surface area contributed by atoms with Crippen molar-refractivity contribution in [2.45, 2.75) is 25.9 Å². The Morgan fingerprint density at radius 2 is 1.95 bits per heavy atom. The summed E-state index contributed by atoms with van der Waals surface area (Å²) in [5.41, 5.74) is 7.15. The number of nitrogens with zero attached hydrogens (tertiary/aromatic N) is 2. The molecule has 0 aliphatic carbocycles. The van der Waals surface area contributed by atoms with Crippen molar-refractivity contribution in [3.8, 4) is 0 Å². The highest BCUT2D eigenvalue weighted by Crippen LogP contribution is 2.24. The van der Waals surface area contributed by atoms with Crippen LogP contribution in [0.25, 0.3) is 0 Å². The Labute approximate surface area is 117 Å². The molecular formula is C14H16ClN3O. The Kier molecular flexibility index (Phi) is 4.02. The summed E-state index contributed by atoms with van der Waals surface area (Å²) >= 11 is 6.06. The van der Waals surface area contributed by atoms with Gasteiger partial charge in [0.15, 0.2) is 0 Å². The molecule has 0 saturated carbocycles. The van der Waals surface area contributed by atoms with Gasteiger partial charge in [-0.05, 0) is 19.4 Å². The molecule has 4 nitrogen and oxygen atoms in total. The van der Waals surface area contributed by atoms with Gasteiger partial charge in [0.1, 0.15) is 5.69 Å². The molecule has 0 fully saturated rings. The van der Waals surface area contributed by atoms with E-state index in [4.69, 9.17) is 17.3 Å². The molecule has 1 heterocycles. The molecule has 2 aromatic rings. The van der Waals surface area contributed by atoms with Gasteiger partial charge in [0.25, 0.3) is 0 Å². The lowest BCUT2D eigenvalue weighted by molar-refractivity contribution is 0.0949. The molecule has 1 atom stereocenters. The maximum Gasteiger partial charge on any atom is 0.203 e. The number of hydrogen-bond donors (Lipinski definition) is 1. The van der Waals surface area contributed by atoms with E-state index in [1.54, 1.807) is 4.68 Å². The summed E-state index contributed by atoms with van der Waals surface area (Å²) in [7, 11) is 0. The summed E-state index contributed by atoms with van der Waals surface area (Å²) in [4.78, 5) is 12.5. The van der Waals surface area contributed by atoms with Gasteiger partial charge in [0.05, 0.1) is 17.3 Å². The molecule has 1 aromatic carbocycles. The Morgan fingerprint density at radius 1 is 1.32 bits per heavy atom. The van der Waals surface area contributed by atoms with Crippen LogP contribution < -0.4 is 5.73 Å². The first-order valence-electron chi connectivity index (χ1n) is 6.10. The van der Waals surface area contributed by atoms with E-state index in [0.29, 0.717) is 10.7 Å². The fourth-order valence-corrected chi connectivity index (χ4v) is 2.15. The van der Waals surface area contributed by atoms with E-state index < -0.39 is 6.04 Å². The maximum absolute atomic E-state index is 12.5. The predicted octanol–water partition coefficient (Wildman–Crippen LogP) is 3.00. The first-order valence-corrected chi connectivity index (χ1v) is 6.48. The molecule has 1 aromatic heterocycles. The van der Waals surface area contributed by atoms with Crippen molar-refractivity contribution in [2.75, 3.05) is 0 Å². The standard InChI is InChI=1S/C14H16ClN3O/c1-9(2)18-13(11(15)8-17-18)14(19)12(16)10-6-4-3-5-7-10/h3-9,12H,16H2,1-2H3. The highest BCUT2D eigenvalue weighted by Gasteiger charge is 2.25. The molecule has 100 valence electrons. The zero-order valence-electron chi connectivity index (χ0n) is 10.9. The second-order valence-corrected chi connectivity index (χ2v) is 5.04. The van der Waals surface area contributed by atoms with Crippen molar-refractivity contribution in [2.24, 2.45) is 5.73 Å². The van der Waals surface area contributed by atoms with Crippen LogP contribution in [0, 0.1) is 0 Å². The van der Waals surface area contributed by atoms with Gasteiger partial charge in [-0.15, -0.1) is 0 Å². The van der Waals surface area contributed by atoms with Crippen LogP contribution in [-0.4, -0.2) is 15.6 Å². The minimum Gasteiger partial charge on any atom is -0.317 e. The van der Waals surface area contributed by atoms with Gasteiger partial charge in [-0.2, -0.15) is 5.10 Å². The number of benzene rings is 1. The van der Waals surface area contributed by atoms with Gasteiger partial charge in [0, 0.05) is 6.04 Å². The molecular weight excluding hydrogens is 262 g/mol. The maximum atomic E-state index is 12.5. The van der Waals surface area contributed by atoms with Crippen LogP contribution in [0.4, 0.5) is 0 Å². The fourth-order valence-electron chi connectivity index (χ4n) is 1.92. The van der Waals surface area contributed by atoms with Crippen molar-refractivity contribution >= 4 is 17.4 Å². The fraction of sp³-hybridized carbons (Fsp3) is 0.286. The third kappa shape index (κ3) is 2.69. The number of aromatic nitrogens is 2. The van der Waals surface area contributed by atoms with Crippen LogP contribution in [0.2, 0.25) is 5.02 Å². The van der Waals surface area contributed by atoms with Crippen LogP contribution in [0.5, 0.6) is 0 Å². The van der Waals surface area contributed by atoms with Crippen molar-refractivity contribution in [1.82, 2.24) is 9.78 Å². The molecule has 0 aliphatic heterocycles. The molecule has 0 spiro atoms. The Hall–Kier alpha value is -1.65. The lowest BCUT2D eigenvalue weighted by atomic mass is 10.0. The summed E-state index contributed by atoms with van der Waals surface area (Å²) in [6, 6.07) is 8.56.